The van der Waals surface area contributed by atoms with Crippen LogP contribution in [-0.4, -0.2) is 61.8 Å². The zero-order valence-electron chi connectivity index (χ0n) is 8.59. The van der Waals surface area contributed by atoms with E-state index in [0.717, 1.165) is 0 Å². The van der Waals surface area contributed by atoms with Gasteiger partial charge in [-0.2, -0.15) is 0 Å². The Morgan fingerprint density at radius 3 is 2.93 bits per heavy atom. The zero-order valence-corrected chi connectivity index (χ0v) is 8.59. The molecule has 2 heterocycles. The molecule has 2 rings (SSSR count). The van der Waals surface area contributed by atoms with E-state index >= 15 is 0 Å². The monoisotopic (exact) mass is 201 g/mol. The average Bonchev–Trinajstić information content (AvgIpc) is 2.57. The molecule has 2 aliphatic rings. The fourth-order valence-corrected chi connectivity index (χ4v) is 2.27. The van der Waals surface area contributed by atoms with Crippen LogP contribution in [0.25, 0.3) is 0 Å². The van der Waals surface area contributed by atoms with Crippen molar-refractivity contribution in [1.82, 2.24) is 15.1 Å². The molecule has 0 aromatic rings. The van der Waals surface area contributed by atoms with Gasteiger partial charge in [0.2, 0.25) is 0 Å². The summed E-state index contributed by atoms with van der Waals surface area (Å²) in [5, 5.41) is 3.03. The van der Waals surface area contributed by atoms with Gasteiger partial charge in [0.15, 0.2) is 0 Å². The van der Waals surface area contributed by atoms with E-state index in [0.29, 0.717) is 19.6 Å². The largest absolute Gasteiger partial charge is 0.331 e. The number of hydrogen-bond acceptors (Lipinski definition) is 2. The fourth-order valence-electron chi connectivity index (χ4n) is 2.27. The summed E-state index contributed by atoms with van der Waals surface area (Å²) in [4.78, 5) is 14.7. The van der Waals surface area contributed by atoms with Gasteiger partial charge in [0, 0.05) is 39.6 Å². The number of hydrogen-bond donors (Lipinski definition) is 1. The summed E-state index contributed by atoms with van der Waals surface area (Å²) in [5.41, 5.74) is -1.19. The first-order chi connectivity index (χ1) is 6.53. The molecule has 2 fully saturated rings. The van der Waals surface area contributed by atoms with E-state index in [1.807, 2.05) is 0 Å². The predicted molar refractivity (Wildman–Crippen MR) is 50.9 cm³/mol. The molecule has 0 aliphatic carbocycles. The van der Waals surface area contributed by atoms with Gasteiger partial charge in [-0.3, -0.25) is 0 Å². The van der Waals surface area contributed by atoms with Crippen LogP contribution in [0.4, 0.5) is 9.18 Å². The second-order valence-corrected chi connectivity index (χ2v) is 4.42. The highest BCUT2D eigenvalue weighted by atomic mass is 19.1. The molecular weight excluding hydrogens is 185 g/mol. The second kappa shape index (κ2) is 3.08. The SMILES string of the molecule is CN(C)C(=O)N1CC2CNCC2(F)C1. The van der Waals surface area contributed by atoms with E-state index in [-0.39, 0.29) is 18.5 Å². The van der Waals surface area contributed by atoms with Crippen LogP contribution in [0, 0.1) is 5.92 Å². The summed E-state index contributed by atoms with van der Waals surface area (Å²) < 4.78 is 14.1. The number of alkyl halides is 1. The molecule has 1 N–H and O–H groups in total. The molecule has 2 atom stereocenters. The summed E-state index contributed by atoms with van der Waals surface area (Å²) in [6.45, 7) is 1.85. The van der Waals surface area contributed by atoms with Crippen LogP contribution in [0.5, 0.6) is 0 Å². The van der Waals surface area contributed by atoms with Crippen LogP contribution in [0.1, 0.15) is 0 Å². The van der Waals surface area contributed by atoms with Crippen molar-refractivity contribution in [3.8, 4) is 0 Å². The van der Waals surface area contributed by atoms with Gasteiger partial charge in [-0.05, 0) is 0 Å². The smallest absolute Gasteiger partial charge is 0.319 e. The lowest BCUT2D eigenvalue weighted by molar-refractivity contribution is 0.151. The first-order valence-corrected chi connectivity index (χ1v) is 4.89. The quantitative estimate of drug-likeness (QED) is 0.594. The summed E-state index contributed by atoms with van der Waals surface area (Å²) in [5.74, 6) is -0.0219. The number of halogens is 1. The molecule has 2 unspecified atom stereocenters. The lowest BCUT2D eigenvalue weighted by atomic mass is 9.97. The standard InChI is InChI=1S/C9H16FN3O/c1-12(2)8(14)13-4-7-3-11-5-9(7,10)6-13/h7,11H,3-6H2,1-2H3. The molecule has 2 saturated heterocycles. The van der Waals surface area contributed by atoms with Gasteiger partial charge in [0.25, 0.3) is 0 Å². The highest BCUT2D eigenvalue weighted by Gasteiger charge is 2.51. The minimum atomic E-state index is -1.19. The van der Waals surface area contributed by atoms with Crippen LogP contribution in [-0.2, 0) is 0 Å². The Labute approximate surface area is 83.0 Å². The highest BCUT2D eigenvalue weighted by Crippen LogP contribution is 2.34. The van der Waals surface area contributed by atoms with Gasteiger partial charge >= 0.3 is 6.03 Å². The van der Waals surface area contributed by atoms with Crippen LogP contribution in [0.2, 0.25) is 0 Å². The number of nitrogens with one attached hydrogen (secondary N) is 1. The van der Waals surface area contributed by atoms with Crippen molar-refractivity contribution in [2.75, 3.05) is 40.3 Å². The molecule has 0 bridgehead atoms. The van der Waals surface area contributed by atoms with Gasteiger partial charge in [0.1, 0.15) is 5.67 Å². The van der Waals surface area contributed by atoms with Crippen molar-refractivity contribution in [3.63, 3.8) is 0 Å². The molecule has 4 nitrogen and oxygen atoms in total. The number of urea groups is 1. The van der Waals surface area contributed by atoms with Crippen molar-refractivity contribution >= 4 is 6.03 Å². The summed E-state index contributed by atoms with van der Waals surface area (Å²) in [7, 11) is 3.39. The summed E-state index contributed by atoms with van der Waals surface area (Å²) in [6, 6.07) is -0.0866. The van der Waals surface area contributed by atoms with Crippen LogP contribution < -0.4 is 5.32 Å². The second-order valence-electron chi connectivity index (χ2n) is 4.42. The maximum absolute atomic E-state index is 14.1. The van der Waals surface area contributed by atoms with E-state index < -0.39 is 5.67 Å². The Kier molecular flexibility index (Phi) is 2.14. The Hall–Kier alpha value is -0.840. The first-order valence-electron chi connectivity index (χ1n) is 4.89. The number of likely N-dealkylation sites (tertiary alicyclic amines) is 1. The van der Waals surface area contributed by atoms with Crippen LogP contribution in [0.15, 0.2) is 0 Å². The lowest BCUT2D eigenvalue weighted by Gasteiger charge is -2.22. The third-order valence-corrected chi connectivity index (χ3v) is 3.09. The normalized spacial score (nSPS) is 35.9. The molecule has 2 amide bonds. The van der Waals surface area contributed by atoms with Crippen molar-refractivity contribution in [2.45, 2.75) is 5.67 Å². The molecule has 0 aromatic heterocycles. The molecule has 0 aromatic carbocycles. The molecule has 80 valence electrons. The minimum Gasteiger partial charge on any atom is -0.331 e. The number of fused-ring (bicyclic) bond motifs is 1. The van der Waals surface area contributed by atoms with Crippen molar-refractivity contribution in [3.05, 3.63) is 0 Å². The van der Waals surface area contributed by atoms with E-state index in [2.05, 4.69) is 5.32 Å². The van der Waals surface area contributed by atoms with Gasteiger partial charge < -0.3 is 15.1 Å². The summed E-state index contributed by atoms with van der Waals surface area (Å²) >= 11 is 0. The van der Waals surface area contributed by atoms with Crippen molar-refractivity contribution < 1.29 is 9.18 Å². The number of nitrogens with zero attached hydrogens (tertiary/aromatic N) is 2. The van der Waals surface area contributed by atoms with Gasteiger partial charge in [0.05, 0.1) is 6.54 Å². The van der Waals surface area contributed by atoms with Gasteiger partial charge in [-0.15, -0.1) is 0 Å². The van der Waals surface area contributed by atoms with Gasteiger partial charge in [-0.25, -0.2) is 9.18 Å². The third kappa shape index (κ3) is 1.35. The van der Waals surface area contributed by atoms with Crippen molar-refractivity contribution in [1.29, 1.82) is 0 Å². The van der Waals surface area contributed by atoms with Crippen LogP contribution in [0.3, 0.4) is 0 Å². The molecule has 5 heteroatoms. The van der Waals surface area contributed by atoms with E-state index in [9.17, 15) is 9.18 Å². The molecule has 0 radical (unpaired) electrons. The third-order valence-electron chi connectivity index (χ3n) is 3.09. The maximum Gasteiger partial charge on any atom is 0.319 e. The molecule has 0 saturated carbocycles. The molecule has 2 aliphatic heterocycles. The van der Waals surface area contributed by atoms with E-state index in [1.54, 1.807) is 19.0 Å². The van der Waals surface area contributed by atoms with E-state index in [1.165, 1.54) is 4.90 Å². The number of carbonyl (C=O) groups is 1. The zero-order chi connectivity index (χ0) is 10.3. The van der Waals surface area contributed by atoms with Crippen molar-refractivity contribution in [2.24, 2.45) is 5.92 Å². The Balaban J connectivity index is 2.05. The molecule has 14 heavy (non-hydrogen) atoms. The highest BCUT2D eigenvalue weighted by molar-refractivity contribution is 5.74. The number of carbonyl (C=O) groups excluding carboxylic acids is 1. The molecule has 0 spiro atoms. The van der Waals surface area contributed by atoms with E-state index in [4.69, 9.17) is 0 Å². The molecular formula is C9H16FN3O. The maximum atomic E-state index is 14.1. The Morgan fingerprint density at radius 1 is 1.64 bits per heavy atom. The Bertz CT molecular complexity index is 258. The van der Waals surface area contributed by atoms with Gasteiger partial charge in [-0.1, -0.05) is 0 Å². The van der Waals surface area contributed by atoms with Crippen LogP contribution >= 0.6 is 0 Å². The Morgan fingerprint density at radius 2 is 2.36 bits per heavy atom. The fraction of sp³-hybridized carbons (Fsp3) is 0.889. The number of rotatable bonds is 0. The summed E-state index contributed by atoms with van der Waals surface area (Å²) in [6.07, 6.45) is 0. The minimum absolute atomic E-state index is 0.0219. The first kappa shape index (κ1) is 9.71. The topological polar surface area (TPSA) is 35.6 Å². The lowest BCUT2D eigenvalue weighted by Crippen LogP contribution is -2.41. The predicted octanol–water partition coefficient (Wildman–Crippen LogP) is -0.0887. The average molecular weight is 201 g/mol. The number of amides is 2.